The maximum absolute atomic E-state index is 11.0. The van der Waals surface area contributed by atoms with Crippen LogP contribution in [0.25, 0.3) is 0 Å². The topological polar surface area (TPSA) is 347 Å². The summed E-state index contributed by atoms with van der Waals surface area (Å²) < 4.78 is 34.9. The molecule has 0 radical (unpaired) electrons. The summed E-state index contributed by atoms with van der Waals surface area (Å²) in [7, 11) is 0. The van der Waals surface area contributed by atoms with Crippen molar-refractivity contribution in [1.82, 2.24) is 0 Å². The van der Waals surface area contributed by atoms with Crippen molar-refractivity contribution in [3.8, 4) is 0 Å². The van der Waals surface area contributed by atoms with Crippen LogP contribution in [-0.2, 0) is 28.4 Å². The van der Waals surface area contributed by atoms with E-state index in [1.165, 1.54) is 13.8 Å². The highest BCUT2D eigenvalue weighted by Gasteiger charge is 2.52. The van der Waals surface area contributed by atoms with Crippen LogP contribution in [0.2, 0.25) is 0 Å². The molecule has 0 aromatic heterocycles. The summed E-state index contributed by atoms with van der Waals surface area (Å²) in [6.45, 7) is 3.84. The summed E-state index contributed by atoms with van der Waals surface area (Å²) in [6.07, 6.45) is -20.4. The largest absolute Gasteiger partial charge is 0.391 e. The third kappa shape index (κ3) is 8.25. The van der Waals surface area contributed by atoms with E-state index in [0.29, 0.717) is 6.42 Å². The van der Waals surface area contributed by atoms with Crippen molar-refractivity contribution in [2.75, 3.05) is 6.79 Å². The van der Waals surface area contributed by atoms with Crippen molar-refractivity contribution in [1.29, 1.82) is 0 Å². The Balaban J connectivity index is 1.45. The zero-order chi connectivity index (χ0) is 35.1. The highest BCUT2D eigenvalue weighted by Crippen LogP contribution is 2.33. The van der Waals surface area contributed by atoms with Gasteiger partial charge in [0.25, 0.3) is 0 Å². The zero-order valence-electron chi connectivity index (χ0n) is 26.7. The molecule has 0 spiro atoms. The first-order valence-corrected chi connectivity index (χ1v) is 16.0. The molecule has 0 bridgehead atoms. The molecule has 2 aliphatic carbocycles. The lowest BCUT2D eigenvalue weighted by atomic mass is 9.80. The van der Waals surface area contributed by atoms with E-state index in [2.05, 4.69) is 0 Å². The fourth-order valence-electron chi connectivity index (χ4n) is 6.90. The minimum atomic E-state index is -1.50. The van der Waals surface area contributed by atoms with Gasteiger partial charge in [-0.1, -0.05) is 6.92 Å². The van der Waals surface area contributed by atoms with Gasteiger partial charge in [0.2, 0.25) is 0 Å². The van der Waals surface area contributed by atoms with Gasteiger partial charge in [-0.15, -0.1) is 0 Å². The number of aliphatic hydroxyl groups is 8. The molecule has 0 aromatic rings. The van der Waals surface area contributed by atoms with E-state index in [9.17, 15) is 40.9 Å². The fraction of sp³-hybridized carbons (Fsp3) is 1.00. The average Bonchev–Trinajstić information content (AvgIpc) is 2.99. The Labute approximate surface area is 272 Å². The second-order valence-electron chi connectivity index (χ2n) is 13.5. The lowest BCUT2D eigenvalue weighted by Crippen LogP contribution is -2.68. The number of hydrogen-bond acceptors (Lipinski definition) is 19. The number of hydrogen-bond donors (Lipinski definition) is 13. The second-order valence-corrected chi connectivity index (χ2v) is 13.5. The Morgan fingerprint density at radius 1 is 0.574 bits per heavy atom. The van der Waals surface area contributed by atoms with Gasteiger partial charge in [-0.3, -0.25) is 0 Å². The minimum absolute atomic E-state index is 0.123. The van der Waals surface area contributed by atoms with Crippen LogP contribution >= 0.6 is 0 Å². The predicted octanol–water partition coefficient (Wildman–Crippen LogP) is -7.06. The molecule has 0 amide bonds. The van der Waals surface area contributed by atoms with E-state index in [4.69, 9.17) is 57.1 Å². The van der Waals surface area contributed by atoms with Crippen LogP contribution in [-0.4, -0.2) is 176 Å². The Morgan fingerprint density at radius 3 is 1.40 bits per heavy atom. The Morgan fingerprint density at radius 2 is 0.979 bits per heavy atom. The highest BCUT2D eigenvalue weighted by molar-refractivity contribution is 5.01. The van der Waals surface area contributed by atoms with Gasteiger partial charge in [-0.2, -0.15) is 0 Å². The van der Waals surface area contributed by atoms with Gasteiger partial charge in [0, 0.05) is 18.1 Å². The van der Waals surface area contributed by atoms with Gasteiger partial charge < -0.3 is 97.9 Å². The molecule has 276 valence electrons. The second kappa shape index (κ2) is 16.1. The van der Waals surface area contributed by atoms with Gasteiger partial charge in [0.15, 0.2) is 12.6 Å². The first-order chi connectivity index (χ1) is 22.0. The van der Waals surface area contributed by atoms with Crippen molar-refractivity contribution < 1.29 is 69.3 Å². The van der Waals surface area contributed by atoms with Gasteiger partial charge in [0.1, 0.15) is 67.8 Å². The van der Waals surface area contributed by atoms with Crippen LogP contribution in [0.15, 0.2) is 0 Å². The molecule has 4 aliphatic rings. The quantitative estimate of drug-likeness (QED) is 0.0950. The molecular weight excluding hydrogens is 630 g/mol. The van der Waals surface area contributed by atoms with E-state index in [0.717, 1.165) is 0 Å². The van der Waals surface area contributed by atoms with Crippen molar-refractivity contribution in [2.24, 2.45) is 34.6 Å². The SMILES string of the molecule is CC(O)C1O[C@H](O[C@H]2C(N)C[C@@H](C)C(O)[C@H]2O)C(N)[C@@H](OCO[C@@H]2C(N)[C@@H](O[C@H]3C(N)C[C@@H](N)C(O)[C@H]3O)OC(C(C)O)[C@H]2O)[C@@H]1O. The van der Waals surface area contributed by atoms with Gasteiger partial charge in [0.05, 0.1) is 36.5 Å². The maximum atomic E-state index is 11.0. The molecule has 19 heteroatoms. The van der Waals surface area contributed by atoms with Crippen LogP contribution in [0.3, 0.4) is 0 Å². The van der Waals surface area contributed by atoms with Crippen LogP contribution < -0.4 is 28.7 Å². The molecule has 4 rings (SSSR count). The van der Waals surface area contributed by atoms with Crippen LogP contribution in [0, 0.1) is 5.92 Å². The Kier molecular flexibility index (Phi) is 13.3. The smallest absolute Gasteiger partial charge is 0.176 e. The third-order valence-corrected chi connectivity index (χ3v) is 9.80. The van der Waals surface area contributed by atoms with Gasteiger partial charge in [-0.25, -0.2) is 0 Å². The van der Waals surface area contributed by atoms with E-state index < -0.39 is 135 Å². The molecule has 47 heavy (non-hydrogen) atoms. The van der Waals surface area contributed by atoms with E-state index >= 15 is 0 Å². The van der Waals surface area contributed by atoms with Crippen molar-refractivity contribution in [3.63, 3.8) is 0 Å². The number of aliphatic hydroxyl groups excluding tert-OH is 8. The normalized spacial score (nSPS) is 52.6. The Bertz CT molecular complexity index is 918. The van der Waals surface area contributed by atoms with Crippen LogP contribution in [0.4, 0.5) is 0 Å². The fourth-order valence-corrected chi connectivity index (χ4v) is 6.90. The van der Waals surface area contributed by atoms with Crippen LogP contribution in [0.1, 0.15) is 33.6 Å². The molecule has 2 heterocycles. The number of nitrogens with two attached hydrogens (primary N) is 5. The lowest BCUT2D eigenvalue weighted by Gasteiger charge is -2.48. The first-order valence-electron chi connectivity index (χ1n) is 16.0. The summed E-state index contributed by atoms with van der Waals surface area (Å²) in [4.78, 5) is 0. The molecule has 0 aromatic carbocycles. The molecule has 4 fully saturated rings. The van der Waals surface area contributed by atoms with Crippen molar-refractivity contribution in [2.45, 2.75) is 162 Å². The summed E-state index contributed by atoms with van der Waals surface area (Å²) >= 11 is 0. The summed E-state index contributed by atoms with van der Waals surface area (Å²) in [5.74, 6) is -0.291. The molecule has 19 nitrogen and oxygen atoms in total. The maximum Gasteiger partial charge on any atom is 0.176 e. The summed E-state index contributed by atoms with van der Waals surface area (Å²) in [5.41, 5.74) is 30.9. The highest BCUT2D eigenvalue weighted by atomic mass is 16.7. The number of rotatable bonds is 10. The first kappa shape index (κ1) is 39.0. The number of ether oxygens (including phenoxy) is 6. The minimum Gasteiger partial charge on any atom is -0.391 e. The molecule has 22 atom stereocenters. The molecule has 10 unspecified atom stereocenters. The summed E-state index contributed by atoms with van der Waals surface area (Å²) in [6, 6.07) is -4.74. The van der Waals surface area contributed by atoms with Gasteiger partial charge in [-0.05, 0) is 32.6 Å². The zero-order valence-corrected chi connectivity index (χ0v) is 26.7. The van der Waals surface area contributed by atoms with Crippen molar-refractivity contribution in [3.05, 3.63) is 0 Å². The molecule has 18 N–H and O–H groups in total. The third-order valence-electron chi connectivity index (χ3n) is 9.80. The predicted molar refractivity (Wildman–Crippen MR) is 159 cm³/mol. The van der Waals surface area contributed by atoms with E-state index in [1.54, 1.807) is 6.92 Å². The van der Waals surface area contributed by atoms with Gasteiger partial charge >= 0.3 is 0 Å². The standard InChI is InChI=1S/C28H55N5O14/c1-7-4-11(30)23(17(38)15(7)36)46-27-13(32)25(19(40)21(44-27)8(2)34)42-6-43-26-14(33)28(45-22(9(3)35)20(26)41)47-24-12(31)5-10(29)16(37)18(24)39/h7-28,34-41H,4-6,29-33H2,1-3H3/t7-,8?,9?,10-,11?,12?,13?,14?,15?,16?,17-,18-,19-,20-,21?,22?,23+,24+,25-,26-,27-,28-/m1/s1. The summed E-state index contributed by atoms with van der Waals surface area (Å²) in [5, 5.41) is 84.5. The molecule has 2 aliphatic heterocycles. The molecular formula is C28H55N5O14. The average molecular weight is 686 g/mol. The van der Waals surface area contributed by atoms with Crippen LogP contribution in [0.5, 0.6) is 0 Å². The lowest BCUT2D eigenvalue weighted by molar-refractivity contribution is -0.327. The monoisotopic (exact) mass is 685 g/mol. The van der Waals surface area contributed by atoms with E-state index in [1.807, 2.05) is 0 Å². The Hall–Kier alpha value is -0.760. The molecule has 2 saturated heterocycles. The molecule has 2 saturated carbocycles. The van der Waals surface area contributed by atoms with E-state index in [-0.39, 0.29) is 12.3 Å². The van der Waals surface area contributed by atoms with Crippen molar-refractivity contribution >= 4 is 0 Å².